The zero-order valence-electron chi connectivity index (χ0n) is 14.8. The molecule has 0 unspecified atom stereocenters. The van der Waals surface area contributed by atoms with Crippen LogP contribution in [0, 0.1) is 5.92 Å². The van der Waals surface area contributed by atoms with Crippen molar-refractivity contribution in [1.82, 2.24) is 14.9 Å². The molecule has 3 aliphatic heterocycles. The Morgan fingerprint density at radius 3 is 2.69 bits per heavy atom. The molecular formula is C19H23N5O2. The van der Waals surface area contributed by atoms with Crippen LogP contribution in [-0.2, 0) is 4.74 Å². The Morgan fingerprint density at radius 1 is 1.19 bits per heavy atom. The Balaban J connectivity index is 1.40. The number of fused-ring (bicyclic) bond motifs is 3. The molecule has 1 aromatic heterocycles. The van der Waals surface area contributed by atoms with Gasteiger partial charge in [-0.1, -0.05) is 18.2 Å². The van der Waals surface area contributed by atoms with Crippen LogP contribution < -0.4 is 10.1 Å². The number of aliphatic imine (C=N–C) groups is 1. The van der Waals surface area contributed by atoms with E-state index in [2.05, 4.69) is 25.2 Å². The van der Waals surface area contributed by atoms with E-state index in [0.29, 0.717) is 23.6 Å². The van der Waals surface area contributed by atoms with Crippen LogP contribution in [0.1, 0.15) is 12.8 Å². The van der Waals surface area contributed by atoms with E-state index in [1.807, 2.05) is 30.3 Å². The molecule has 5 rings (SSSR count). The van der Waals surface area contributed by atoms with Gasteiger partial charge in [0, 0.05) is 19.7 Å². The van der Waals surface area contributed by atoms with Gasteiger partial charge in [-0.25, -0.2) is 15.0 Å². The van der Waals surface area contributed by atoms with Crippen LogP contribution in [0.3, 0.4) is 0 Å². The first-order valence-corrected chi connectivity index (χ1v) is 8.98. The molecule has 0 radical (unpaired) electrons. The van der Waals surface area contributed by atoms with Crippen LogP contribution in [-0.4, -0.2) is 53.7 Å². The van der Waals surface area contributed by atoms with Gasteiger partial charge in [0.05, 0.1) is 0 Å². The zero-order valence-corrected chi connectivity index (χ0v) is 14.8. The second kappa shape index (κ2) is 7.70. The number of amidine groups is 1. The van der Waals surface area contributed by atoms with Crippen LogP contribution in [0.5, 0.6) is 11.6 Å². The lowest BCUT2D eigenvalue weighted by atomic mass is 9.86. The van der Waals surface area contributed by atoms with Crippen molar-refractivity contribution >= 4 is 11.8 Å². The molecule has 0 saturated carbocycles. The summed E-state index contributed by atoms with van der Waals surface area (Å²) in [7, 11) is 1.71. The van der Waals surface area contributed by atoms with Crippen LogP contribution >= 0.6 is 0 Å². The van der Waals surface area contributed by atoms with E-state index in [0.717, 1.165) is 12.3 Å². The van der Waals surface area contributed by atoms with Gasteiger partial charge in [0.25, 0.3) is 6.02 Å². The lowest BCUT2D eigenvalue weighted by Crippen LogP contribution is -2.52. The Labute approximate surface area is 153 Å². The van der Waals surface area contributed by atoms with Crippen molar-refractivity contribution < 1.29 is 9.47 Å². The molecule has 0 amide bonds. The molecule has 26 heavy (non-hydrogen) atoms. The second-order valence-electron chi connectivity index (χ2n) is 6.60. The Hall–Kier alpha value is -2.67. The Morgan fingerprint density at radius 2 is 2.00 bits per heavy atom. The van der Waals surface area contributed by atoms with Crippen molar-refractivity contribution in [2.75, 3.05) is 32.0 Å². The summed E-state index contributed by atoms with van der Waals surface area (Å²) in [4.78, 5) is 15.1. The topological polar surface area (TPSA) is 71.9 Å². The number of piperidine rings is 3. The third-order valence-corrected chi connectivity index (χ3v) is 4.90. The van der Waals surface area contributed by atoms with Crippen molar-refractivity contribution in [1.29, 1.82) is 0 Å². The van der Waals surface area contributed by atoms with Crippen LogP contribution in [0.4, 0.5) is 5.82 Å². The highest BCUT2D eigenvalue weighted by molar-refractivity contribution is 5.88. The van der Waals surface area contributed by atoms with Gasteiger partial charge < -0.3 is 9.47 Å². The quantitative estimate of drug-likeness (QED) is 0.673. The molecule has 1 N–H and O–H groups in total. The second-order valence-corrected chi connectivity index (χ2v) is 6.60. The monoisotopic (exact) mass is 353 g/mol. The summed E-state index contributed by atoms with van der Waals surface area (Å²) in [6.07, 6.45) is 4.04. The maximum absolute atomic E-state index is 6.13. The summed E-state index contributed by atoms with van der Waals surface area (Å²) in [5.74, 6) is 2.39. The summed E-state index contributed by atoms with van der Waals surface area (Å²) < 4.78 is 11.9. The number of nitrogens with one attached hydrogen (secondary N) is 1. The first-order chi connectivity index (χ1) is 12.8. The zero-order chi connectivity index (χ0) is 17.8. The minimum atomic E-state index is 0.186. The maximum atomic E-state index is 6.13. The lowest BCUT2D eigenvalue weighted by molar-refractivity contribution is -0.0146. The first kappa shape index (κ1) is 16.8. The fourth-order valence-electron chi connectivity index (χ4n) is 3.51. The Bertz CT molecular complexity index is 760. The maximum Gasteiger partial charge on any atom is 0.290 e. The molecule has 3 fully saturated rings. The average molecular weight is 353 g/mol. The van der Waals surface area contributed by atoms with Crippen molar-refractivity contribution in [2.24, 2.45) is 10.9 Å². The summed E-state index contributed by atoms with van der Waals surface area (Å²) in [6, 6.07) is 11.7. The molecule has 0 aliphatic carbocycles. The molecule has 1 atom stereocenters. The number of aromatic nitrogens is 2. The molecule has 7 nitrogen and oxygen atoms in total. The number of ether oxygens (including phenoxy) is 2. The van der Waals surface area contributed by atoms with E-state index in [-0.39, 0.29) is 6.10 Å². The van der Waals surface area contributed by atoms with Gasteiger partial charge in [0.15, 0.2) is 0 Å². The minimum absolute atomic E-state index is 0.186. The van der Waals surface area contributed by atoms with Gasteiger partial charge in [-0.15, -0.1) is 0 Å². The normalized spacial score (nSPS) is 25.0. The van der Waals surface area contributed by atoms with Crippen molar-refractivity contribution in [3.63, 3.8) is 0 Å². The predicted octanol–water partition coefficient (Wildman–Crippen LogP) is 2.78. The third-order valence-electron chi connectivity index (χ3n) is 4.90. The van der Waals surface area contributed by atoms with Crippen molar-refractivity contribution in [3.8, 4) is 11.6 Å². The summed E-state index contributed by atoms with van der Waals surface area (Å²) in [5, 5.41) is 3.14. The predicted molar refractivity (Wildman–Crippen MR) is 99.6 cm³/mol. The highest BCUT2D eigenvalue weighted by atomic mass is 16.5. The largest absolute Gasteiger partial charge is 0.460 e. The van der Waals surface area contributed by atoms with Gasteiger partial charge in [-0.3, -0.25) is 10.2 Å². The summed E-state index contributed by atoms with van der Waals surface area (Å²) >= 11 is 0. The van der Waals surface area contributed by atoms with Crippen molar-refractivity contribution in [2.45, 2.75) is 18.9 Å². The van der Waals surface area contributed by atoms with E-state index in [9.17, 15) is 0 Å². The number of benzene rings is 1. The summed E-state index contributed by atoms with van der Waals surface area (Å²) in [5.41, 5.74) is 0. The molecule has 0 spiro atoms. The van der Waals surface area contributed by atoms with Gasteiger partial charge in [0.2, 0.25) is 5.88 Å². The SMILES string of the molecule is CN=C(Nc1cc(Oc2ccccc2)ncn1)O[C@H]1CN2CCC1CC2. The molecule has 3 saturated heterocycles. The van der Waals surface area contributed by atoms with Crippen LogP contribution in [0.15, 0.2) is 47.7 Å². The molecule has 2 bridgehead atoms. The molecule has 136 valence electrons. The highest BCUT2D eigenvalue weighted by Crippen LogP contribution is 2.29. The van der Waals surface area contributed by atoms with Gasteiger partial charge in [0.1, 0.15) is 24.0 Å². The number of rotatable bonds is 4. The molecule has 3 aliphatic rings. The molecule has 7 heteroatoms. The number of hydrogen-bond donors (Lipinski definition) is 1. The van der Waals surface area contributed by atoms with Crippen LogP contribution in [0.2, 0.25) is 0 Å². The molecule has 2 aromatic rings. The number of hydrogen-bond acceptors (Lipinski definition) is 6. The van der Waals surface area contributed by atoms with Crippen LogP contribution in [0.25, 0.3) is 0 Å². The summed E-state index contributed by atoms with van der Waals surface area (Å²) in [6.45, 7) is 3.34. The van der Waals surface area contributed by atoms with E-state index >= 15 is 0 Å². The van der Waals surface area contributed by atoms with E-state index in [1.54, 1.807) is 13.1 Å². The van der Waals surface area contributed by atoms with E-state index in [1.165, 1.54) is 32.3 Å². The standard InChI is InChI=1S/C19H23N5O2/c1-20-19(26-16-12-24-9-7-14(16)8-10-24)23-17-11-18(22-13-21-17)25-15-5-3-2-4-6-15/h2-6,11,13-14,16H,7-10,12H2,1H3,(H,20,21,22,23)/t16-/m0/s1. The number of anilines is 1. The molecular weight excluding hydrogens is 330 g/mol. The minimum Gasteiger partial charge on any atom is -0.460 e. The smallest absolute Gasteiger partial charge is 0.290 e. The fraction of sp³-hybridized carbons (Fsp3) is 0.421. The number of para-hydroxylation sites is 1. The Kier molecular flexibility index (Phi) is 4.97. The number of nitrogens with zero attached hydrogens (tertiary/aromatic N) is 4. The molecule has 4 heterocycles. The van der Waals surface area contributed by atoms with E-state index < -0.39 is 0 Å². The lowest BCUT2D eigenvalue weighted by Gasteiger charge is -2.44. The molecule has 1 aromatic carbocycles. The highest BCUT2D eigenvalue weighted by Gasteiger charge is 2.36. The van der Waals surface area contributed by atoms with Gasteiger partial charge >= 0.3 is 0 Å². The van der Waals surface area contributed by atoms with E-state index in [4.69, 9.17) is 9.47 Å². The average Bonchev–Trinajstić information content (AvgIpc) is 2.69. The van der Waals surface area contributed by atoms with Crippen molar-refractivity contribution in [3.05, 3.63) is 42.7 Å². The first-order valence-electron chi connectivity index (χ1n) is 8.98. The fourth-order valence-corrected chi connectivity index (χ4v) is 3.51. The van der Waals surface area contributed by atoms with Gasteiger partial charge in [-0.05, 0) is 44.0 Å². The third kappa shape index (κ3) is 3.94. The van der Waals surface area contributed by atoms with Gasteiger partial charge in [-0.2, -0.15) is 0 Å².